The van der Waals surface area contributed by atoms with Gasteiger partial charge in [0.05, 0.1) is 12.9 Å². The molecule has 146 valence electrons. The molecule has 7 heteroatoms. The number of ketones is 1. The van der Waals surface area contributed by atoms with Crippen molar-refractivity contribution in [2.75, 3.05) is 26.0 Å². The molecule has 2 bridgehead atoms. The fourth-order valence-electron chi connectivity index (χ4n) is 4.12. The van der Waals surface area contributed by atoms with Crippen molar-refractivity contribution in [3.8, 4) is 5.75 Å². The Labute approximate surface area is 173 Å². The van der Waals surface area contributed by atoms with E-state index in [1.807, 2.05) is 10.6 Å². The van der Waals surface area contributed by atoms with Crippen molar-refractivity contribution >= 4 is 34.1 Å². The summed E-state index contributed by atoms with van der Waals surface area (Å²) in [4.78, 5) is 26.8. The number of fused-ring (bicyclic) bond motifs is 4. The van der Waals surface area contributed by atoms with E-state index in [1.165, 1.54) is 11.8 Å². The number of nitrogens with zero attached hydrogens (tertiary/aromatic N) is 2. The molecule has 3 heterocycles. The molecule has 0 aliphatic carbocycles. The number of hydrogen-bond donors (Lipinski definition) is 0. The zero-order valence-corrected chi connectivity index (χ0v) is 17.3. The van der Waals surface area contributed by atoms with Crippen molar-refractivity contribution < 1.29 is 9.53 Å². The van der Waals surface area contributed by atoms with E-state index in [1.54, 1.807) is 37.4 Å². The summed E-state index contributed by atoms with van der Waals surface area (Å²) in [5.74, 6) is 1.86. The number of carbonyl (C=O) groups is 1. The highest BCUT2D eigenvalue weighted by molar-refractivity contribution is 8.23. The van der Waals surface area contributed by atoms with Crippen molar-refractivity contribution in [3.05, 3.63) is 64.1 Å². The van der Waals surface area contributed by atoms with Gasteiger partial charge in [-0.1, -0.05) is 30.0 Å². The third-order valence-corrected chi connectivity index (χ3v) is 7.00. The van der Waals surface area contributed by atoms with E-state index in [9.17, 15) is 9.59 Å². The van der Waals surface area contributed by atoms with Gasteiger partial charge in [-0.3, -0.25) is 9.59 Å². The first-order valence-corrected chi connectivity index (χ1v) is 10.7. The molecule has 2 aliphatic heterocycles. The Kier molecular flexibility index (Phi) is 5.55. The predicted octanol–water partition coefficient (Wildman–Crippen LogP) is 3.18. The molecule has 1 fully saturated rings. The van der Waals surface area contributed by atoms with Gasteiger partial charge in [-0.15, -0.1) is 0 Å². The third-order valence-electron chi connectivity index (χ3n) is 5.48. The first kappa shape index (κ1) is 19.2. The number of rotatable bonds is 4. The molecular formula is C21H22N2O3S2. The van der Waals surface area contributed by atoms with Crippen LogP contribution in [0.5, 0.6) is 5.75 Å². The minimum absolute atomic E-state index is 0.0594. The first-order chi connectivity index (χ1) is 13.5. The van der Waals surface area contributed by atoms with E-state index >= 15 is 0 Å². The van der Waals surface area contributed by atoms with Crippen LogP contribution in [0.4, 0.5) is 0 Å². The lowest BCUT2D eigenvalue weighted by molar-refractivity contribution is 0.102. The third kappa shape index (κ3) is 3.86. The summed E-state index contributed by atoms with van der Waals surface area (Å²) < 4.78 is 7.81. The summed E-state index contributed by atoms with van der Waals surface area (Å²) in [6, 6.07) is 12.7. The van der Waals surface area contributed by atoms with Gasteiger partial charge in [0.25, 0.3) is 5.56 Å². The lowest BCUT2D eigenvalue weighted by Crippen LogP contribution is -2.48. The number of thioether (sulfide) groups is 1. The summed E-state index contributed by atoms with van der Waals surface area (Å²) in [5, 5.41) is 0. The Morgan fingerprint density at radius 1 is 1.18 bits per heavy atom. The molecule has 0 amide bonds. The van der Waals surface area contributed by atoms with Crippen molar-refractivity contribution in [1.82, 2.24) is 9.47 Å². The quantitative estimate of drug-likeness (QED) is 0.566. The van der Waals surface area contributed by atoms with E-state index in [2.05, 4.69) is 11.0 Å². The maximum atomic E-state index is 12.5. The van der Waals surface area contributed by atoms with Gasteiger partial charge in [-0.25, -0.2) is 0 Å². The number of piperidine rings is 1. The van der Waals surface area contributed by atoms with Crippen molar-refractivity contribution in [1.29, 1.82) is 0 Å². The molecular weight excluding hydrogens is 392 g/mol. The van der Waals surface area contributed by atoms with Gasteiger partial charge < -0.3 is 14.2 Å². The number of methoxy groups -OCH3 is 1. The molecule has 2 unspecified atom stereocenters. The van der Waals surface area contributed by atoms with Crippen molar-refractivity contribution in [2.45, 2.75) is 18.9 Å². The van der Waals surface area contributed by atoms with Gasteiger partial charge in [-0.2, -0.15) is 0 Å². The maximum absolute atomic E-state index is 12.5. The highest BCUT2D eigenvalue weighted by Gasteiger charge is 2.35. The lowest BCUT2D eigenvalue weighted by Gasteiger charge is -2.43. The van der Waals surface area contributed by atoms with Crippen LogP contribution in [0.3, 0.4) is 0 Å². The molecule has 1 saturated heterocycles. The van der Waals surface area contributed by atoms with E-state index < -0.39 is 0 Å². The smallest absolute Gasteiger partial charge is 0.250 e. The van der Waals surface area contributed by atoms with Gasteiger partial charge in [0.15, 0.2) is 5.78 Å². The summed E-state index contributed by atoms with van der Waals surface area (Å²) in [6.07, 6.45) is 1.10. The Morgan fingerprint density at radius 2 is 1.96 bits per heavy atom. The number of benzene rings is 1. The van der Waals surface area contributed by atoms with E-state index in [0.717, 1.165) is 41.8 Å². The maximum Gasteiger partial charge on any atom is 0.250 e. The largest absolute Gasteiger partial charge is 0.497 e. The fraction of sp³-hybridized carbons (Fsp3) is 0.381. The van der Waals surface area contributed by atoms with Crippen LogP contribution in [0, 0.1) is 5.92 Å². The number of pyridine rings is 1. The molecule has 0 N–H and O–H groups in total. The second kappa shape index (κ2) is 8.09. The van der Waals surface area contributed by atoms with Crippen LogP contribution >= 0.6 is 24.0 Å². The molecule has 2 aliphatic rings. The average molecular weight is 415 g/mol. The van der Waals surface area contributed by atoms with Gasteiger partial charge >= 0.3 is 0 Å². The normalized spacial score (nSPS) is 20.4. The number of carbonyl (C=O) groups excluding carboxylic acids is 1. The average Bonchev–Trinajstić information content (AvgIpc) is 2.72. The highest BCUT2D eigenvalue weighted by Crippen LogP contribution is 2.36. The molecule has 0 radical (unpaired) electrons. The standard InChI is InChI=1S/C21H22N2O3S2/c1-26-17-7-5-15(6-8-17)19(24)13-28-21(27)22-10-14-9-16(12-22)18-3-2-4-20(25)23(18)11-14/h2-8,14,16H,9-13H2,1H3. The molecule has 5 nitrogen and oxygen atoms in total. The van der Waals surface area contributed by atoms with Crippen LogP contribution in [0.2, 0.25) is 0 Å². The summed E-state index contributed by atoms with van der Waals surface area (Å²) in [6.45, 7) is 2.41. The molecule has 2 aromatic rings. The van der Waals surface area contributed by atoms with E-state index in [0.29, 0.717) is 23.2 Å². The SMILES string of the molecule is COc1ccc(C(=O)CSC(=S)N2CC3CC(C2)c2cccc(=O)n2C3)cc1. The van der Waals surface area contributed by atoms with Gasteiger partial charge in [0.1, 0.15) is 10.1 Å². The van der Waals surface area contributed by atoms with Crippen LogP contribution in [-0.2, 0) is 6.54 Å². The first-order valence-electron chi connectivity index (χ1n) is 9.34. The fourth-order valence-corrected chi connectivity index (χ4v) is 5.20. The molecule has 2 atom stereocenters. The Bertz CT molecular complexity index is 955. The van der Waals surface area contributed by atoms with E-state index in [-0.39, 0.29) is 11.3 Å². The number of likely N-dealkylation sites (tertiary alicyclic amines) is 1. The Morgan fingerprint density at radius 3 is 2.71 bits per heavy atom. The van der Waals surface area contributed by atoms with Crippen LogP contribution in [0.25, 0.3) is 0 Å². The number of ether oxygens (including phenoxy) is 1. The predicted molar refractivity (Wildman–Crippen MR) is 116 cm³/mol. The van der Waals surface area contributed by atoms with Crippen LogP contribution < -0.4 is 10.3 Å². The summed E-state index contributed by atoms with van der Waals surface area (Å²) in [5.41, 5.74) is 1.86. The minimum atomic E-state index is 0.0594. The monoisotopic (exact) mass is 414 g/mol. The molecule has 4 rings (SSSR count). The zero-order chi connectivity index (χ0) is 19.7. The van der Waals surface area contributed by atoms with Crippen LogP contribution in [0.15, 0.2) is 47.3 Å². The number of aromatic nitrogens is 1. The number of hydrogen-bond acceptors (Lipinski definition) is 5. The summed E-state index contributed by atoms with van der Waals surface area (Å²) >= 11 is 7.06. The number of Topliss-reactive ketones (excluding diaryl/α,β-unsaturated/α-hetero) is 1. The molecule has 28 heavy (non-hydrogen) atoms. The molecule has 0 spiro atoms. The van der Waals surface area contributed by atoms with Crippen molar-refractivity contribution in [2.24, 2.45) is 5.92 Å². The van der Waals surface area contributed by atoms with Crippen molar-refractivity contribution in [3.63, 3.8) is 0 Å². The van der Waals surface area contributed by atoms with Gasteiger partial charge in [0, 0.05) is 42.9 Å². The highest BCUT2D eigenvalue weighted by atomic mass is 32.2. The number of thiocarbonyl (C=S) groups is 1. The van der Waals surface area contributed by atoms with Crippen LogP contribution in [-0.4, -0.2) is 45.5 Å². The molecule has 0 saturated carbocycles. The van der Waals surface area contributed by atoms with Gasteiger partial charge in [0.2, 0.25) is 0 Å². The molecule has 1 aromatic carbocycles. The van der Waals surface area contributed by atoms with E-state index in [4.69, 9.17) is 17.0 Å². The zero-order valence-electron chi connectivity index (χ0n) is 15.7. The Balaban J connectivity index is 1.38. The van der Waals surface area contributed by atoms with Gasteiger partial charge in [-0.05, 0) is 42.7 Å². The van der Waals surface area contributed by atoms with Crippen LogP contribution in [0.1, 0.15) is 28.4 Å². The minimum Gasteiger partial charge on any atom is -0.497 e. The second-order valence-electron chi connectivity index (χ2n) is 7.31. The molecule has 1 aromatic heterocycles. The lowest BCUT2D eigenvalue weighted by atomic mass is 9.83. The summed E-state index contributed by atoms with van der Waals surface area (Å²) in [7, 11) is 1.61. The Hall–Kier alpha value is -2.12. The second-order valence-corrected chi connectivity index (χ2v) is 8.92. The topological polar surface area (TPSA) is 51.5 Å².